The Bertz CT molecular complexity index is 462. The first-order chi connectivity index (χ1) is 8.77. The van der Waals surface area contributed by atoms with Crippen LogP contribution in [0.1, 0.15) is 12.5 Å². The molecule has 106 valence electrons. The Morgan fingerprint density at radius 3 is 2.53 bits per heavy atom. The number of rotatable bonds is 4. The van der Waals surface area contributed by atoms with Gasteiger partial charge in [0.2, 0.25) is 0 Å². The zero-order valence-electron chi connectivity index (χ0n) is 10.4. The summed E-state index contributed by atoms with van der Waals surface area (Å²) in [6, 6.07) is 4.73. The van der Waals surface area contributed by atoms with Crippen LogP contribution in [0.25, 0.3) is 0 Å². The standard InChI is InChI=1S/C12H14F3NO3/c1-3-19-9-6-4-5-8(7-9)11(18,10(17)16-2)12(13,14)15/h4-7,18H,3H2,1-2H3,(H,16,17). The molecule has 0 saturated heterocycles. The van der Waals surface area contributed by atoms with Gasteiger partial charge < -0.3 is 15.2 Å². The normalized spacial score (nSPS) is 14.6. The number of carbonyl (C=O) groups is 1. The molecule has 0 aliphatic rings. The van der Waals surface area contributed by atoms with Crippen molar-refractivity contribution in [2.24, 2.45) is 0 Å². The number of nitrogens with one attached hydrogen (secondary N) is 1. The maximum atomic E-state index is 13.0. The zero-order valence-corrected chi connectivity index (χ0v) is 10.4. The Morgan fingerprint density at radius 2 is 2.05 bits per heavy atom. The summed E-state index contributed by atoms with van der Waals surface area (Å²) in [5.41, 5.74) is -4.19. The lowest BCUT2D eigenvalue weighted by Gasteiger charge is -2.29. The average molecular weight is 277 g/mol. The van der Waals surface area contributed by atoms with E-state index in [9.17, 15) is 23.1 Å². The third-order valence-electron chi connectivity index (χ3n) is 2.53. The lowest BCUT2D eigenvalue weighted by molar-refractivity contribution is -0.256. The summed E-state index contributed by atoms with van der Waals surface area (Å²) >= 11 is 0. The quantitative estimate of drug-likeness (QED) is 0.878. The van der Waals surface area contributed by atoms with Crippen LogP contribution in [-0.2, 0) is 10.4 Å². The van der Waals surface area contributed by atoms with Gasteiger partial charge in [0.1, 0.15) is 5.75 Å². The van der Waals surface area contributed by atoms with E-state index in [4.69, 9.17) is 4.74 Å². The highest BCUT2D eigenvalue weighted by molar-refractivity contribution is 5.87. The summed E-state index contributed by atoms with van der Waals surface area (Å²) in [5, 5.41) is 11.6. The van der Waals surface area contributed by atoms with Gasteiger partial charge in [0.05, 0.1) is 6.61 Å². The van der Waals surface area contributed by atoms with E-state index in [1.54, 1.807) is 6.92 Å². The Balaban J connectivity index is 3.34. The first kappa shape index (κ1) is 15.3. The number of ether oxygens (including phenoxy) is 1. The van der Waals surface area contributed by atoms with Crippen molar-refractivity contribution >= 4 is 5.91 Å². The number of hydrogen-bond acceptors (Lipinski definition) is 3. The predicted molar refractivity (Wildman–Crippen MR) is 61.6 cm³/mol. The molecule has 0 aliphatic carbocycles. The van der Waals surface area contributed by atoms with E-state index in [0.29, 0.717) is 0 Å². The molecule has 0 spiro atoms. The van der Waals surface area contributed by atoms with Crippen LogP contribution >= 0.6 is 0 Å². The molecule has 2 N–H and O–H groups in total. The summed E-state index contributed by atoms with van der Waals surface area (Å²) in [7, 11) is 1.02. The monoisotopic (exact) mass is 277 g/mol. The van der Waals surface area contributed by atoms with Gasteiger partial charge >= 0.3 is 6.18 Å². The highest BCUT2D eigenvalue weighted by Crippen LogP contribution is 2.40. The number of carbonyl (C=O) groups excluding carboxylic acids is 1. The molecule has 0 fully saturated rings. The number of halogens is 3. The van der Waals surface area contributed by atoms with Crippen LogP contribution in [0, 0.1) is 0 Å². The van der Waals surface area contributed by atoms with Gasteiger partial charge in [-0.15, -0.1) is 0 Å². The van der Waals surface area contributed by atoms with E-state index in [0.717, 1.165) is 19.2 Å². The minimum atomic E-state index is -5.14. The molecule has 1 amide bonds. The number of likely N-dealkylation sites (N-methyl/N-ethyl adjacent to an activating group) is 1. The lowest BCUT2D eigenvalue weighted by Crippen LogP contribution is -2.53. The Labute approximate surface area is 108 Å². The smallest absolute Gasteiger partial charge is 0.430 e. The minimum absolute atomic E-state index is 0.145. The van der Waals surface area contributed by atoms with E-state index in [-0.39, 0.29) is 12.4 Å². The summed E-state index contributed by atoms with van der Waals surface area (Å²) in [6.45, 7) is 1.93. The van der Waals surface area contributed by atoms with E-state index >= 15 is 0 Å². The Hall–Kier alpha value is -1.76. The summed E-state index contributed by atoms with van der Waals surface area (Å²) in [4.78, 5) is 11.4. The molecule has 0 saturated carbocycles. The second kappa shape index (κ2) is 5.48. The van der Waals surface area contributed by atoms with Gasteiger partial charge in [0.25, 0.3) is 11.5 Å². The maximum Gasteiger partial charge on any atom is 0.430 e. The average Bonchev–Trinajstić information content (AvgIpc) is 2.36. The summed E-state index contributed by atoms with van der Waals surface area (Å²) in [5.74, 6) is -1.40. The first-order valence-corrected chi connectivity index (χ1v) is 5.52. The largest absolute Gasteiger partial charge is 0.494 e. The van der Waals surface area contributed by atoms with Gasteiger partial charge in [-0.25, -0.2) is 0 Å². The van der Waals surface area contributed by atoms with Crippen molar-refractivity contribution in [2.45, 2.75) is 18.7 Å². The Morgan fingerprint density at radius 1 is 1.42 bits per heavy atom. The molecular formula is C12H14F3NO3. The van der Waals surface area contributed by atoms with Gasteiger partial charge in [-0.1, -0.05) is 12.1 Å². The molecule has 7 heteroatoms. The van der Waals surface area contributed by atoms with Crippen molar-refractivity contribution in [3.05, 3.63) is 29.8 Å². The molecule has 1 atom stereocenters. The van der Waals surface area contributed by atoms with Crippen molar-refractivity contribution in [1.82, 2.24) is 5.32 Å². The second-order valence-electron chi connectivity index (χ2n) is 3.75. The van der Waals surface area contributed by atoms with E-state index in [1.807, 2.05) is 5.32 Å². The molecule has 19 heavy (non-hydrogen) atoms. The number of amides is 1. The molecule has 1 aromatic rings. The molecule has 1 rings (SSSR count). The highest BCUT2D eigenvalue weighted by Gasteiger charge is 2.60. The van der Waals surface area contributed by atoms with Gasteiger partial charge in [0, 0.05) is 12.6 Å². The van der Waals surface area contributed by atoms with Crippen LogP contribution in [-0.4, -0.2) is 30.8 Å². The highest BCUT2D eigenvalue weighted by atomic mass is 19.4. The van der Waals surface area contributed by atoms with Crippen LogP contribution in [0.4, 0.5) is 13.2 Å². The molecule has 0 aromatic heterocycles. The Kier molecular flexibility index (Phi) is 4.41. The lowest BCUT2D eigenvalue weighted by atomic mass is 9.92. The fraction of sp³-hybridized carbons (Fsp3) is 0.417. The molecule has 1 unspecified atom stereocenters. The van der Waals surface area contributed by atoms with Gasteiger partial charge in [-0.3, -0.25) is 4.79 Å². The SMILES string of the molecule is CCOc1cccc(C(O)(C(=O)NC)C(F)(F)F)c1. The van der Waals surface area contributed by atoms with Crippen molar-refractivity contribution < 1.29 is 27.8 Å². The van der Waals surface area contributed by atoms with E-state index in [1.165, 1.54) is 12.1 Å². The number of hydrogen-bond donors (Lipinski definition) is 2. The molecule has 0 heterocycles. The van der Waals surface area contributed by atoms with E-state index in [2.05, 4.69) is 0 Å². The van der Waals surface area contributed by atoms with Crippen molar-refractivity contribution in [3.63, 3.8) is 0 Å². The fourth-order valence-electron chi connectivity index (χ4n) is 1.58. The molecule has 4 nitrogen and oxygen atoms in total. The molecule has 0 aliphatic heterocycles. The molecule has 0 radical (unpaired) electrons. The van der Waals surface area contributed by atoms with Gasteiger partial charge in [-0.2, -0.15) is 13.2 Å². The van der Waals surface area contributed by atoms with Crippen LogP contribution in [0.3, 0.4) is 0 Å². The minimum Gasteiger partial charge on any atom is -0.494 e. The van der Waals surface area contributed by atoms with Gasteiger partial charge in [0.15, 0.2) is 0 Å². The predicted octanol–water partition coefficient (Wildman–Crippen LogP) is 1.58. The summed E-state index contributed by atoms with van der Waals surface area (Å²) in [6.07, 6.45) is -5.14. The second-order valence-corrected chi connectivity index (χ2v) is 3.75. The molecule has 0 bridgehead atoms. The van der Waals surface area contributed by atoms with Crippen molar-refractivity contribution in [1.29, 1.82) is 0 Å². The van der Waals surface area contributed by atoms with Crippen LogP contribution in [0.5, 0.6) is 5.75 Å². The van der Waals surface area contributed by atoms with Crippen molar-refractivity contribution in [2.75, 3.05) is 13.7 Å². The first-order valence-electron chi connectivity index (χ1n) is 5.52. The number of alkyl halides is 3. The third kappa shape index (κ3) is 2.81. The maximum absolute atomic E-state index is 13.0. The molecule has 1 aromatic carbocycles. The number of benzene rings is 1. The van der Waals surface area contributed by atoms with Crippen LogP contribution in [0.2, 0.25) is 0 Å². The van der Waals surface area contributed by atoms with Crippen LogP contribution in [0.15, 0.2) is 24.3 Å². The van der Waals surface area contributed by atoms with Crippen LogP contribution < -0.4 is 10.1 Å². The van der Waals surface area contributed by atoms with Gasteiger partial charge in [-0.05, 0) is 19.1 Å². The topological polar surface area (TPSA) is 58.6 Å². The third-order valence-corrected chi connectivity index (χ3v) is 2.53. The fourth-order valence-corrected chi connectivity index (χ4v) is 1.58. The number of aliphatic hydroxyl groups is 1. The summed E-state index contributed by atoms with van der Waals surface area (Å²) < 4.78 is 44.0. The van der Waals surface area contributed by atoms with E-state index < -0.39 is 23.2 Å². The molecular weight excluding hydrogens is 263 g/mol. The van der Waals surface area contributed by atoms with Crippen molar-refractivity contribution in [3.8, 4) is 5.75 Å². The zero-order chi connectivity index (χ0) is 14.7.